The molecule has 0 spiro atoms. The highest BCUT2D eigenvalue weighted by Crippen LogP contribution is 2.30. The Kier molecular flexibility index (Phi) is 7.14. The Bertz CT molecular complexity index is 1060. The van der Waals surface area contributed by atoms with Crippen molar-refractivity contribution in [3.8, 4) is 22.8 Å². The zero-order chi connectivity index (χ0) is 23.1. The quantitative estimate of drug-likeness (QED) is 0.510. The summed E-state index contributed by atoms with van der Waals surface area (Å²) in [7, 11) is 0. The van der Waals surface area contributed by atoms with Gasteiger partial charge in [0.1, 0.15) is 17.0 Å². The molecule has 0 fully saturated rings. The molecule has 0 unspecified atom stereocenters. The molecule has 1 amide bonds. The minimum Gasteiger partial charge on any atom is -0.507 e. The molecule has 0 bridgehead atoms. The average Bonchev–Trinajstić information content (AvgIpc) is 2.74. The fraction of sp³-hybridized carbons (Fsp3) is 0.292. The third-order valence-corrected chi connectivity index (χ3v) is 4.47. The van der Waals surface area contributed by atoms with Crippen molar-refractivity contribution in [1.29, 1.82) is 0 Å². The van der Waals surface area contributed by atoms with Crippen LogP contribution in [0.4, 0.5) is 10.6 Å². The predicted octanol–water partition coefficient (Wildman–Crippen LogP) is 4.08. The fourth-order valence-corrected chi connectivity index (χ4v) is 2.91. The average molecular weight is 437 g/mol. The number of nitrogens with two attached hydrogens (primary N) is 1. The molecule has 1 heterocycles. The Morgan fingerprint density at radius 3 is 2.44 bits per heavy atom. The summed E-state index contributed by atoms with van der Waals surface area (Å²) in [6.07, 6.45) is 0.217. The van der Waals surface area contributed by atoms with Gasteiger partial charge in [-0.05, 0) is 44.0 Å². The lowest BCUT2D eigenvalue weighted by Crippen LogP contribution is -2.32. The van der Waals surface area contributed by atoms with Crippen LogP contribution in [0.15, 0.2) is 54.6 Å². The summed E-state index contributed by atoms with van der Waals surface area (Å²) < 4.78 is 11.0. The number of para-hydroxylation sites is 1. The van der Waals surface area contributed by atoms with E-state index in [1.54, 1.807) is 30.3 Å². The van der Waals surface area contributed by atoms with E-state index < -0.39 is 11.7 Å². The van der Waals surface area contributed by atoms with Gasteiger partial charge in [-0.1, -0.05) is 36.4 Å². The molecule has 3 aromatic rings. The number of amides is 1. The van der Waals surface area contributed by atoms with Crippen LogP contribution in [-0.2, 0) is 17.7 Å². The van der Waals surface area contributed by atoms with E-state index in [4.69, 9.17) is 15.2 Å². The number of rotatable bonds is 7. The Hall–Kier alpha value is -3.81. The first-order chi connectivity index (χ1) is 15.2. The van der Waals surface area contributed by atoms with Crippen LogP contribution < -0.4 is 15.8 Å². The molecule has 1 aromatic heterocycles. The van der Waals surface area contributed by atoms with Crippen LogP contribution >= 0.6 is 0 Å². The molecule has 8 nitrogen and oxygen atoms in total. The summed E-state index contributed by atoms with van der Waals surface area (Å²) in [6, 6.07) is 16.4. The van der Waals surface area contributed by atoms with Crippen molar-refractivity contribution < 1.29 is 19.4 Å². The van der Waals surface area contributed by atoms with Gasteiger partial charge >= 0.3 is 6.09 Å². The number of benzene rings is 2. The summed E-state index contributed by atoms with van der Waals surface area (Å²) in [6.45, 7) is 6.26. The third-order valence-electron chi connectivity index (χ3n) is 4.47. The Morgan fingerprint density at radius 1 is 1.06 bits per heavy atom. The number of aromatic nitrogens is 2. The van der Waals surface area contributed by atoms with Gasteiger partial charge in [0.2, 0.25) is 0 Å². The summed E-state index contributed by atoms with van der Waals surface area (Å²) in [5.41, 5.74) is 8.45. The van der Waals surface area contributed by atoms with Crippen LogP contribution in [-0.4, -0.2) is 33.6 Å². The van der Waals surface area contributed by atoms with Gasteiger partial charge in [-0.15, -0.1) is 10.2 Å². The molecule has 32 heavy (non-hydrogen) atoms. The number of phenolic OH excluding ortho intramolecular Hbond substituents is 1. The molecule has 0 aliphatic heterocycles. The number of anilines is 1. The number of carbonyl (C=O) groups excluding carboxylic acids is 1. The van der Waals surface area contributed by atoms with E-state index in [0.29, 0.717) is 36.6 Å². The first-order valence-corrected chi connectivity index (χ1v) is 10.3. The first-order valence-electron chi connectivity index (χ1n) is 10.3. The molecule has 8 heteroatoms. The van der Waals surface area contributed by atoms with Gasteiger partial charge in [0.25, 0.3) is 0 Å². The predicted molar refractivity (Wildman–Crippen MR) is 122 cm³/mol. The Labute approximate surface area is 187 Å². The number of phenols is 1. The van der Waals surface area contributed by atoms with Gasteiger partial charge in [-0.25, -0.2) is 4.79 Å². The number of hydrogen-bond acceptors (Lipinski definition) is 7. The topological polar surface area (TPSA) is 120 Å². The number of ether oxygens (including phenoxy) is 2. The number of hydrogen-bond donors (Lipinski definition) is 3. The van der Waals surface area contributed by atoms with Crippen molar-refractivity contribution in [1.82, 2.24) is 15.5 Å². The normalized spacial score (nSPS) is 11.1. The van der Waals surface area contributed by atoms with Gasteiger partial charge in [0.05, 0.1) is 6.61 Å². The zero-order valence-electron chi connectivity index (χ0n) is 18.5. The molecule has 0 atom stereocenters. The number of nitrogens with one attached hydrogen (secondary N) is 1. The molecule has 2 aromatic carbocycles. The monoisotopic (exact) mass is 436 g/mol. The van der Waals surface area contributed by atoms with Crippen LogP contribution in [0.2, 0.25) is 0 Å². The second-order valence-corrected chi connectivity index (χ2v) is 8.27. The summed E-state index contributed by atoms with van der Waals surface area (Å²) >= 11 is 0. The SMILES string of the molecule is CC(C)(C)OC(=O)NCc1ccc(CCOc2cc(-c3ccccc3O)nnc2N)cc1. The summed E-state index contributed by atoms with van der Waals surface area (Å²) in [5.74, 6) is 0.711. The smallest absolute Gasteiger partial charge is 0.407 e. The number of nitrogens with zero attached hydrogens (tertiary/aromatic N) is 2. The van der Waals surface area contributed by atoms with Gasteiger partial charge < -0.3 is 25.6 Å². The van der Waals surface area contributed by atoms with E-state index in [0.717, 1.165) is 11.1 Å². The van der Waals surface area contributed by atoms with Crippen molar-refractivity contribution in [3.63, 3.8) is 0 Å². The molecule has 3 rings (SSSR count). The zero-order valence-corrected chi connectivity index (χ0v) is 18.5. The highest BCUT2D eigenvalue weighted by Gasteiger charge is 2.15. The minimum absolute atomic E-state index is 0.110. The van der Waals surface area contributed by atoms with Crippen LogP contribution in [0.25, 0.3) is 11.3 Å². The maximum absolute atomic E-state index is 11.8. The third kappa shape index (κ3) is 6.60. The standard InChI is InChI=1S/C24H28N4O4/c1-24(2,3)32-23(30)26-15-17-10-8-16(9-11-17)12-13-31-21-14-19(27-28-22(21)25)18-6-4-5-7-20(18)29/h4-11,14,29H,12-13,15H2,1-3H3,(H2,25,28)(H,26,30). The molecule has 4 N–H and O–H groups in total. The highest BCUT2D eigenvalue weighted by atomic mass is 16.6. The maximum atomic E-state index is 11.8. The van der Waals surface area contributed by atoms with Gasteiger partial charge in [0, 0.05) is 24.6 Å². The van der Waals surface area contributed by atoms with Gasteiger partial charge in [0.15, 0.2) is 11.6 Å². The summed E-state index contributed by atoms with van der Waals surface area (Å²) in [4.78, 5) is 11.8. The van der Waals surface area contributed by atoms with Crippen molar-refractivity contribution in [2.75, 3.05) is 12.3 Å². The lowest BCUT2D eigenvalue weighted by Gasteiger charge is -2.19. The molecule has 0 saturated heterocycles. The summed E-state index contributed by atoms with van der Waals surface area (Å²) in [5, 5.41) is 20.7. The number of aromatic hydroxyl groups is 1. The van der Waals surface area contributed by atoms with Crippen LogP contribution in [0, 0.1) is 0 Å². The van der Waals surface area contributed by atoms with Crippen LogP contribution in [0.3, 0.4) is 0 Å². The van der Waals surface area contributed by atoms with E-state index in [9.17, 15) is 9.90 Å². The lowest BCUT2D eigenvalue weighted by molar-refractivity contribution is 0.0523. The second-order valence-electron chi connectivity index (χ2n) is 8.27. The molecule has 0 aliphatic rings. The van der Waals surface area contributed by atoms with E-state index >= 15 is 0 Å². The van der Waals surface area contributed by atoms with Gasteiger partial charge in [-0.2, -0.15) is 0 Å². The lowest BCUT2D eigenvalue weighted by atomic mass is 10.1. The van der Waals surface area contributed by atoms with E-state index in [-0.39, 0.29) is 11.6 Å². The minimum atomic E-state index is -0.524. The molecule has 0 radical (unpaired) electrons. The van der Waals surface area contributed by atoms with E-state index in [2.05, 4.69) is 15.5 Å². The molecular formula is C24H28N4O4. The van der Waals surface area contributed by atoms with Crippen LogP contribution in [0.5, 0.6) is 11.5 Å². The fourth-order valence-electron chi connectivity index (χ4n) is 2.91. The first kappa shape index (κ1) is 22.9. The van der Waals surface area contributed by atoms with Crippen LogP contribution in [0.1, 0.15) is 31.9 Å². The van der Waals surface area contributed by atoms with Crippen molar-refractivity contribution >= 4 is 11.9 Å². The van der Waals surface area contributed by atoms with Gasteiger partial charge in [-0.3, -0.25) is 0 Å². The number of nitrogen functional groups attached to an aromatic ring is 1. The Balaban J connectivity index is 1.53. The highest BCUT2D eigenvalue weighted by molar-refractivity contribution is 5.69. The van der Waals surface area contributed by atoms with Crippen molar-refractivity contribution in [2.24, 2.45) is 0 Å². The van der Waals surface area contributed by atoms with Crippen molar-refractivity contribution in [2.45, 2.75) is 39.3 Å². The molecule has 0 aliphatic carbocycles. The molecular weight excluding hydrogens is 408 g/mol. The number of alkyl carbamates (subject to hydrolysis) is 1. The van der Waals surface area contributed by atoms with Crippen molar-refractivity contribution in [3.05, 3.63) is 65.7 Å². The number of carbonyl (C=O) groups is 1. The Morgan fingerprint density at radius 2 is 1.75 bits per heavy atom. The second kappa shape index (κ2) is 10.00. The van der Waals surface area contributed by atoms with E-state index in [1.807, 2.05) is 45.0 Å². The van der Waals surface area contributed by atoms with E-state index in [1.165, 1.54) is 0 Å². The molecule has 168 valence electrons. The largest absolute Gasteiger partial charge is 0.507 e. The maximum Gasteiger partial charge on any atom is 0.407 e. The molecule has 0 saturated carbocycles.